The van der Waals surface area contributed by atoms with Gasteiger partial charge in [0.1, 0.15) is 16.8 Å². The molecule has 1 atom stereocenters. The standard InChI is InChI=1S/C50H60ClN7O11S2/c1-30(2)69-40-28-35(32(5)27-38(40)54-50-52-29-36(51)46(56-50)53-37-10-6-7-12-42(37)71(64,65)31(3)4)33-15-18-57(19-16-33)44(60)17-20-66-21-22-67-23-24-68-25-26-70-41-11-8-9-34-45(41)49(63)58(48(34)62)39-13-14-43(59)55-47(39)61/h6-12,27-31,33,39H,13-26H2,1-5H3,(H,55,59,61)(H2,52,53,54,56). The Hall–Kier alpha value is -5.64. The fourth-order valence-electron chi connectivity index (χ4n) is 8.54. The third-order valence-electron chi connectivity index (χ3n) is 12.2. The number of carbonyl (C=O) groups excluding carboxylic acids is 5. The van der Waals surface area contributed by atoms with E-state index < -0.39 is 44.8 Å². The molecule has 4 aromatic rings. The van der Waals surface area contributed by atoms with Gasteiger partial charge in [0.15, 0.2) is 15.7 Å². The number of halogens is 1. The molecule has 0 spiro atoms. The summed E-state index contributed by atoms with van der Waals surface area (Å²) in [6, 6.07) is 14.7. The molecule has 5 amide bonds. The molecule has 18 nitrogen and oxygen atoms in total. The van der Waals surface area contributed by atoms with E-state index in [2.05, 4.69) is 32.0 Å². The van der Waals surface area contributed by atoms with Crippen LogP contribution >= 0.6 is 23.4 Å². The maximum atomic E-state index is 13.3. The van der Waals surface area contributed by atoms with E-state index in [-0.39, 0.29) is 76.6 Å². The van der Waals surface area contributed by atoms with Gasteiger partial charge >= 0.3 is 0 Å². The molecule has 0 aliphatic carbocycles. The van der Waals surface area contributed by atoms with E-state index in [1.54, 1.807) is 56.3 Å². The molecule has 0 bridgehead atoms. The molecule has 3 N–H and O–H groups in total. The van der Waals surface area contributed by atoms with E-state index in [4.69, 9.17) is 30.5 Å². The molecule has 1 aromatic heterocycles. The van der Waals surface area contributed by atoms with Crippen molar-refractivity contribution in [2.24, 2.45) is 0 Å². The normalized spacial score (nSPS) is 16.5. The van der Waals surface area contributed by atoms with Crippen LogP contribution in [0.2, 0.25) is 5.02 Å². The Morgan fingerprint density at radius 1 is 0.873 bits per heavy atom. The highest BCUT2D eigenvalue weighted by atomic mass is 35.5. The predicted molar refractivity (Wildman–Crippen MR) is 269 cm³/mol. The van der Waals surface area contributed by atoms with Crippen LogP contribution in [0.5, 0.6) is 5.75 Å². The molecule has 380 valence electrons. The molecule has 21 heteroatoms. The number of rotatable bonds is 23. The number of hydrogen-bond acceptors (Lipinski definition) is 16. The van der Waals surface area contributed by atoms with Crippen molar-refractivity contribution in [3.8, 4) is 5.75 Å². The minimum Gasteiger partial charge on any atom is -0.489 e. The van der Waals surface area contributed by atoms with E-state index >= 15 is 0 Å². The van der Waals surface area contributed by atoms with E-state index in [9.17, 15) is 32.4 Å². The Morgan fingerprint density at radius 2 is 1.58 bits per heavy atom. The number of ether oxygens (including phenoxy) is 4. The lowest BCUT2D eigenvalue weighted by molar-refractivity contribution is -0.136. The molecule has 0 saturated carbocycles. The van der Waals surface area contributed by atoms with Gasteiger partial charge in [-0.1, -0.05) is 29.8 Å². The molecule has 1 unspecified atom stereocenters. The molecule has 2 fully saturated rings. The number of piperidine rings is 2. The van der Waals surface area contributed by atoms with Gasteiger partial charge in [0, 0.05) is 30.2 Å². The smallest absolute Gasteiger partial charge is 0.263 e. The fraction of sp³-hybridized carbons (Fsp3) is 0.460. The number of aryl methyl sites for hydroxylation is 1. The van der Waals surface area contributed by atoms with Crippen molar-refractivity contribution in [3.63, 3.8) is 0 Å². The maximum Gasteiger partial charge on any atom is 0.263 e. The highest BCUT2D eigenvalue weighted by molar-refractivity contribution is 7.99. The lowest BCUT2D eigenvalue weighted by atomic mass is 9.86. The second-order valence-electron chi connectivity index (χ2n) is 17.8. The zero-order valence-electron chi connectivity index (χ0n) is 40.5. The van der Waals surface area contributed by atoms with Crippen molar-refractivity contribution >= 4 is 85.9 Å². The summed E-state index contributed by atoms with van der Waals surface area (Å²) in [7, 11) is -3.60. The SMILES string of the molecule is Cc1cc(Nc2ncc(Cl)c(Nc3ccccc3S(=O)(=O)C(C)C)n2)c(OC(C)C)cc1C1CCN(C(=O)CCOCCOCCOCCSc2cccc3c2C(=O)N(C2CCC(=O)NC2=O)C3=O)CC1. The first-order chi connectivity index (χ1) is 34.0. The van der Waals surface area contributed by atoms with Crippen molar-refractivity contribution in [1.29, 1.82) is 0 Å². The zero-order valence-corrected chi connectivity index (χ0v) is 42.8. The van der Waals surface area contributed by atoms with Crippen LogP contribution in [0.15, 0.2) is 70.6 Å². The van der Waals surface area contributed by atoms with Crippen molar-refractivity contribution in [3.05, 3.63) is 88.1 Å². The number of thioether (sulfide) groups is 1. The van der Waals surface area contributed by atoms with Gasteiger partial charge in [-0.3, -0.25) is 34.2 Å². The molecule has 0 radical (unpaired) electrons. The van der Waals surface area contributed by atoms with Gasteiger partial charge in [0.2, 0.25) is 23.7 Å². The monoisotopic (exact) mass is 1030 g/mol. The van der Waals surface area contributed by atoms with Crippen LogP contribution in [0.3, 0.4) is 0 Å². The Morgan fingerprint density at radius 3 is 2.28 bits per heavy atom. The van der Waals surface area contributed by atoms with Crippen LogP contribution in [-0.2, 0) is 38.4 Å². The molecule has 2 saturated heterocycles. The third kappa shape index (κ3) is 13.1. The van der Waals surface area contributed by atoms with Gasteiger partial charge in [0.25, 0.3) is 11.8 Å². The fourth-order valence-corrected chi connectivity index (χ4v) is 10.8. The van der Waals surface area contributed by atoms with Crippen LogP contribution in [0, 0.1) is 6.92 Å². The van der Waals surface area contributed by atoms with Crippen molar-refractivity contribution in [1.82, 2.24) is 25.1 Å². The van der Waals surface area contributed by atoms with Gasteiger partial charge in [-0.2, -0.15) is 4.98 Å². The quantitative estimate of drug-likeness (QED) is 0.0378. The summed E-state index contributed by atoms with van der Waals surface area (Å²) < 4.78 is 49.5. The van der Waals surface area contributed by atoms with E-state index in [1.165, 1.54) is 18.0 Å². The molecule has 71 heavy (non-hydrogen) atoms. The number of nitrogens with zero attached hydrogens (tertiary/aromatic N) is 4. The topological polar surface area (TPSA) is 225 Å². The molecule has 7 rings (SSSR count). The van der Waals surface area contributed by atoms with Crippen LogP contribution in [0.25, 0.3) is 0 Å². The largest absolute Gasteiger partial charge is 0.489 e. The van der Waals surface area contributed by atoms with Crippen LogP contribution in [0.1, 0.15) is 97.6 Å². The third-order valence-corrected chi connectivity index (χ3v) is 15.7. The lowest BCUT2D eigenvalue weighted by Gasteiger charge is -2.33. The number of aromatic nitrogens is 2. The summed E-state index contributed by atoms with van der Waals surface area (Å²) in [5.41, 5.74) is 3.70. The highest BCUT2D eigenvalue weighted by Crippen LogP contribution is 2.39. The molecular weight excluding hydrogens is 974 g/mol. The number of sulfone groups is 1. The van der Waals surface area contributed by atoms with Gasteiger partial charge in [-0.25, -0.2) is 13.4 Å². The minimum atomic E-state index is -3.60. The number of para-hydroxylation sites is 1. The average molecular weight is 1030 g/mol. The van der Waals surface area contributed by atoms with E-state index in [1.807, 2.05) is 31.7 Å². The zero-order chi connectivity index (χ0) is 50.8. The molecule has 3 aliphatic rings. The molecule has 4 heterocycles. The number of fused-ring (bicyclic) bond motifs is 1. The predicted octanol–water partition coefficient (Wildman–Crippen LogP) is 7.23. The van der Waals surface area contributed by atoms with E-state index in [0.29, 0.717) is 73.9 Å². The van der Waals surface area contributed by atoms with Crippen LogP contribution in [-0.4, -0.2) is 134 Å². The van der Waals surface area contributed by atoms with Crippen molar-refractivity contribution in [2.45, 2.75) is 99.8 Å². The summed E-state index contributed by atoms with van der Waals surface area (Å²) in [4.78, 5) is 76.1. The number of benzene rings is 3. The number of carbonyl (C=O) groups is 5. The summed E-state index contributed by atoms with van der Waals surface area (Å²) in [5, 5.41) is 8.18. The minimum absolute atomic E-state index is 0.0423. The number of anilines is 4. The number of amides is 5. The number of nitrogens with one attached hydrogen (secondary N) is 3. The first-order valence-electron chi connectivity index (χ1n) is 23.7. The summed E-state index contributed by atoms with van der Waals surface area (Å²) in [5.74, 6) is -0.278. The lowest BCUT2D eigenvalue weighted by Crippen LogP contribution is -2.54. The summed E-state index contributed by atoms with van der Waals surface area (Å²) in [6.45, 7) is 12.5. The first kappa shape index (κ1) is 53.2. The van der Waals surface area contributed by atoms with Crippen LogP contribution in [0.4, 0.5) is 23.1 Å². The van der Waals surface area contributed by atoms with Crippen LogP contribution < -0.4 is 20.7 Å². The maximum absolute atomic E-state index is 13.3. The second-order valence-corrected chi connectivity index (χ2v) is 21.8. The van der Waals surface area contributed by atoms with Gasteiger partial charge in [0.05, 0.1) is 91.0 Å². The van der Waals surface area contributed by atoms with Gasteiger partial charge in [-0.05, 0) is 107 Å². The molecule has 3 aliphatic heterocycles. The van der Waals surface area contributed by atoms with Gasteiger partial charge in [-0.15, -0.1) is 11.8 Å². The Bertz CT molecular complexity index is 2730. The van der Waals surface area contributed by atoms with Gasteiger partial charge < -0.3 is 34.5 Å². The highest BCUT2D eigenvalue weighted by Gasteiger charge is 2.45. The molecular formula is C50H60ClN7O11S2. The van der Waals surface area contributed by atoms with Crippen molar-refractivity contribution in [2.75, 3.05) is 69.1 Å². The Balaban J connectivity index is 0.800. The summed E-state index contributed by atoms with van der Waals surface area (Å²) >= 11 is 7.88. The Labute approximate surface area is 423 Å². The van der Waals surface area contributed by atoms with Crippen molar-refractivity contribution < 1.29 is 51.3 Å². The average Bonchev–Trinajstić information content (AvgIpc) is 3.59. The number of imide groups is 2. The second kappa shape index (κ2) is 24.2. The summed E-state index contributed by atoms with van der Waals surface area (Å²) in [6.07, 6.45) is 3.32. The number of hydrogen-bond donors (Lipinski definition) is 3. The number of likely N-dealkylation sites (tertiary alicyclic amines) is 1. The first-order valence-corrected chi connectivity index (χ1v) is 26.6. The van der Waals surface area contributed by atoms with E-state index in [0.717, 1.165) is 28.9 Å². The Kier molecular flexibility index (Phi) is 18.1. The molecule has 3 aromatic carbocycles.